The van der Waals surface area contributed by atoms with Gasteiger partial charge in [0.25, 0.3) is 0 Å². The van der Waals surface area contributed by atoms with Gasteiger partial charge in [0, 0.05) is 19.1 Å². The number of aliphatic hydroxyl groups is 1. The molecule has 1 saturated heterocycles. The lowest BCUT2D eigenvalue weighted by atomic mass is 10.2. The second-order valence-corrected chi connectivity index (χ2v) is 2.41. The summed E-state index contributed by atoms with van der Waals surface area (Å²) in [5.74, 6) is 0.215. The highest BCUT2D eigenvalue weighted by atomic mass is 16.5. The van der Waals surface area contributed by atoms with E-state index in [4.69, 9.17) is 9.84 Å². The Kier molecular flexibility index (Phi) is 2.45. The normalized spacial score (nSPS) is 30.7. The molecule has 0 aromatic rings. The summed E-state index contributed by atoms with van der Waals surface area (Å²) in [5.41, 5.74) is 0. The van der Waals surface area contributed by atoms with Gasteiger partial charge < -0.3 is 9.84 Å². The number of hydrogen-bond acceptors (Lipinski definition) is 3. The number of ether oxygens (including phenoxy) is 1. The van der Waals surface area contributed by atoms with Gasteiger partial charge in [-0.1, -0.05) is 6.92 Å². The molecular formula is C6H13NO2. The molecule has 0 aliphatic carbocycles. The lowest BCUT2D eigenvalue weighted by Crippen LogP contribution is -2.31. The van der Waals surface area contributed by atoms with E-state index in [1.165, 1.54) is 0 Å². The van der Waals surface area contributed by atoms with Crippen LogP contribution >= 0.6 is 0 Å². The maximum absolute atomic E-state index is 8.68. The minimum atomic E-state index is 0.0787. The number of rotatable bonds is 2. The van der Waals surface area contributed by atoms with Crippen LogP contribution in [0.1, 0.15) is 6.92 Å². The summed E-state index contributed by atoms with van der Waals surface area (Å²) in [4.78, 5) is 0. The van der Waals surface area contributed by atoms with Crippen molar-refractivity contribution in [3.63, 3.8) is 0 Å². The van der Waals surface area contributed by atoms with Crippen LogP contribution in [0.5, 0.6) is 0 Å². The van der Waals surface area contributed by atoms with Crippen molar-refractivity contribution in [3.05, 3.63) is 0 Å². The molecule has 1 aliphatic heterocycles. The fourth-order valence-corrected chi connectivity index (χ4v) is 0.907. The molecule has 2 N–H and O–H groups in total. The van der Waals surface area contributed by atoms with Crippen molar-refractivity contribution in [2.45, 2.75) is 13.2 Å². The second-order valence-electron chi connectivity index (χ2n) is 2.41. The Bertz CT molecular complexity index is 81.1. The molecule has 0 radical (unpaired) electrons. The van der Waals surface area contributed by atoms with Crippen molar-refractivity contribution < 1.29 is 9.84 Å². The van der Waals surface area contributed by atoms with Gasteiger partial charge in [0.15, 0.2) is 0 Å². The molecule has 0 amide bonds. The average molecular weight is 131 g/mol. The van der Waals surface area contributed by atoms with Crippen LogP contribution in [0.2, 0.25) is 0 Å². The van der Waals surface area contributed by atoms with Gasteiger partial charge in [0.05, 0.1) is 6.61 Å². The maximum atomic E-state index is 8.68. The van der Waals surface area contributed by atoms with Gasteiger partial charge in [0.1, 0.15) is 6.23 Å². The van der Waals surface area contributed by atoms with Crippen molar-refractivity contribution in [3.8, 4) is 0 Å². The minimum absolute atomic E-state index is 0.0787. The summed E-state index contributed by atoms with van der Waals surface area (Å²) in [5, 5.41) is 11.8. The highest BCUT2D eigenvalue weighted by molar-refractivity contribution is 4.67. The van der Waals surface area contributed by atoms with Crippen LogP contribution in [0.25, 0.3) is 0 Å². The Balaban J connectivity index is 2.24. The fourth-order valence-electron chi connectivity index (χ4n) is 0.907. The SMILES string of the molecule is CC(CO)C1NCCO1. The summed E-state index contributed by atoms with van der Waals surface area (Å²) in [6.07, 6.45) is 0.0787. The molecule has 0 aromatic heterocycles. The molecule has 0 saturated carbocycles. The van der Waals surface area contributed by atoms with E-state index in [9.17, 15) is 0 Å². The average Bonchev–Trinajstić information content (AvgIpc) is 2.37. The first-order valence-corrected chi connectivity index (χ1v) is 3.30. The Labute approximate surface area is 55.0 Å². The number of nitrogens with one attached hydrogen (secondary N) is 1. The van der Waals surface area contributed by atoms with E-state index in [-0.39, 0.29) is 18.8 Å². The molecule has 0 aromatic carbocycles. The summed E-state index contributed by atoms with van der Waals surface area (Å²) >= 11 is 0. The van der Waals surface area contributed by atoms with Crippen LogP contribution < -0.4 is 5.32 Å². The molecule has 1 fully saturated rings. The van der Waals surface area contributed by atoms with Crippen molar-refractivity contribution in [2.24, 2.45) is 5.92 Å². The third-order valence-corrected chi connectivity index (χ3v) is 1.55. The molecule has 3 nitrogen and oxygen atoms in total. The van der Waals surface area contributed by atoms with Crippen LogP contribution in [-0.4, -0.2) is 31.1 Å². The van der Waals surface area contributed by atoms with Crippen molar-refractivity contribution in [1.82, 2.24) is 5.32 Å². The molecule has 3 heteroatoms. The molecule has 9 heavy (non-hydrogen) atoms. The van der Waals surface area contributed by atoms with Gasteiger partial charge in [-0.05, 0) is 0 Å². The highest BCUT2D eigenvalue weighted by Crippen LogP contribution is 2.06. The summed E-state index contributed by atoms with van der Waals surface area (Å²) in [7, 11) is 0. The lowest BCUT2D eigenvalue weighted by molar-refractivity contribution is 0.0344. The zero-order valence-electron chi connectivity index (χ0n) is 5.63. The smallest absolute Gasteiger partial charge is 0.113 e. The Hall–Kier alpha value is -0.120. The van der Waals surface area contributed by atoms with Gasteiger partial charge >= 0.3 is 0 Å². The van der Waals surface area contributed by atoms with Gasteiger partial charge in [-0.15, -0.1) is 0 Å². The molecule has 54 valence electrons. The summed E-state index contributed by atoms with van der Waals surface area (Å²) < 4.78 is 5.23. The van der Waals surface area contributed by atoms with Crippen LogP contribution in [0.3, 0.4) is 0 Å². The summed E-state index contributed by atoms with van der Waals surface area (Å²) in [6, 6.07) is 0. The second kappa shape index (κ2) is 3.15. The molecule has 1 heterocycles. The van der Waals surface area contributed by atoms with Crippen molar-refractivity contribution in [2.75, 3.05) is 19.8 Å². The lowest BCUT2D eigenvalue weighted by Gasteiger charge is -2.15. The number of aliphatic hydroxyl groups excluding tert-OH is 1. The predicted octanol–water partition coefficient (Wildman–Crippen LogP) is -0.439. The Morgan fingerprint density at radius 2 is 2.67 bits per heavy atom. The van der Waals surface area contributed by atoms with Crippen LogP contribution in [0.4, 0.5) is 0 Å². The van der Waals surface area contributed by atoms with E-state index in [2.05, 4.69) is 5.32 Å². The quantitative estimate of drug-likeness (QED) is 0.534. The number of hydrogen-bond donors (Lipinski definition) is 2. The van der Waals surface area contributed by atoms with Crippen molar-refractivity contribution in [1.29, 1.82) is 0 Å². The molecule has 2 atom stereocenters. The van der Waals surface area contributed by atoms with Crippen LogP contribution in [0.15, 0.2) is 0 Å². The fraction of sp³-hybridized carbons (Fsp3) is 1.00. The van der Waals surface area contributed by atoms with Gasteiger partial charge in [0.2, 0.25) is 0 Å². The predicted molar refractivity (Wildman–Crippen MR) is 34.0 cm³/mol. The first kappa shape index (κ1) is 6.99. The van der Waals surface area contributed by atoms with E-state index in [0.29, 0.717) is 0 Å². The third kappa shape index (κ3) is 1.64. The third-order valence-electron chi connectivity index (χ3n) is 1.55. The highest BCUT2D eigenvalue weighted by Gasteiger charge is 2.20. The first-order chi connectivity index (χ1) is 4.34. The zero-order valence-corrected chi connectivity index (χ0v) is 5.63. The topological polar surface area (TPSA) is 41.5 Å². The van der Waals surface area contributed by atoms with Gasteiger partial charge in [-0.3, -0.25) is 5.32 Å². The van der Waals surface area contributed by atoms with E-state index < -0.39 is 0 Å². The largest absolute Gasteiger partial charge is 0.396 e. The van der Waals surface area contributed by atoms with E-state index in [1.807, 2.05) is 6.92 Å². The molecule has 1 aliphatic rings. The standard InChI is InChI=1S/C6H13NO2/c1-5(4-8)6-7-2-3-9-6/h5-8H,2-4H2,1H3. The first-order valence-electron chi connectivity index (χ1n) is 3.30. The Morgan fingerprint density at radius 3 is 3.11 bits per heavy atom. The minimum Gasteiger partial charge on any atom is -0.396 e. The monoisotopic (exact) mass is 131 g/mol. The molecule has 2 unspecified atom stereocenters. The van der Waals surface area contributed by atoms with Gasteiger partial charge in [-0.25, -0.2) is 0 Å². The van der Waals surface area contributed by atoms with Crippen LogP contribution in [0, 0.1) is 5.92 Å². The molecular weight excluding hydrogens is 118 g/mol. The molecule has 0 spiro atoms. The van der Waals surface area contributed by atoms with E-state index in [1.54, 1.807) is 0 Å². The Morgan fingerprint density at radius 1 is 1.89 bits per heavy atom. The maximum Gasteiger partial charge on any atom is 0.113 e. The van der Waals surface area contributed by atoms with Gasteiger partial charge in [-0.2, -0.15) is 0 Å². The molecule has 1 rings (SSSR count). The van der Waals surface area contributed by atoms with E-state index >= 15 is 0 Å². The van der Waals surface area contributed by atoms with Crippen LogP contribution in [-0.2, 0) is 4.74 Å². The van der Waals surface area contributed by atoms with E-state index in [0.717, 1.165) is 13.2 Å². The van der Waals surface area contributed by atoms with Crippen molar-refractivity contribution >= 4 is 0 Å². The zero-order chi connectivity index (χ0) is 6.69. The summed E-state index contributed by atoms with van der Waals surface area (Å²) in [6.45, 7) is 3.84. The molecule has 0 bridgehead atoms.